The highest BCUT2D eigenvalue weighted by Crippen LogP contribution is 2.35. The van der Waals surface area contributed by atoms with Gasteiger partial charge in [-0.15, -0.1) is 0 Å². The van der Waals surface area contributed by atoms with E-state index in [1.807, 2.05) is 54.3 Å². The number of aryl methyl sites for hydroxylation is 1. The molecule has 1 aliphatic carbocycles. The average Bonchev–Trinajstić information content (AvgIpc) is 3.30. The Hall–Kier alpha value is -2.49. The molecule has 1 amide bonds. The summed E-state index contributed by atoms with van der Waals surface area (Å²) in [6.07, 6.45) is 2.17. The molecule has 2 aromatic rings. The summed E-state index contributed by atoms with van der Waals surface area (Å²) in [6, 6.07) is 14.0. The predicted octanol–water partition coefficient (Wildman–Crippen LogP) is 3.53. The van der Waals surface area contributed by atoms with Crippen LogP contribution in [0.5, 0.6) is 11.5 Å². The second kappa shape index (κ2) is 5.61. The van der Waals surface area contributed by atoms with Crippen LogP contribution in [-0.4, -0.2) is 23.6 Å². The summed E-state index contributed by atoms with van der Waals surface area (Å²) in [4.78, 5) is 14.8. The third-order valence-corrected chi connectivity index (χ3v) is 4.34. The van der Waals surface area contributed by atoms with Crippen molar-refractivity contribution in [2.75, 3.05) is 6.79 Å². The van der Waals surface area contributed by atoms with Crippen LogP contribution in [0.25, 0.3) is 0 Å². The van der Waals surface area contributed by atoms with E-state index in [-0.39, 0.29) is 12.7 Å². The molecule has 0 radical (unpaired) electrons. The average molecular weight is 309 g/mol. The number of hydrogen-bond acceptors (Lipinski definition) is 3. The van der Waals surface area contributed by atoms with Gasteiger partial charge in [0.1, 0.15) is 0 Å². The van der Waals surface area contributed by atoms with Gasteiger partial charge in [0.15, 0.2) is 11.5 Å². The van der Waals surface area contributed by atoms with Gasteiger partial charge in [0.05, 0.1) is 0 Å². The molecule has 1 heterocycles. The molecule has 0 bridgehead atoms. The van der Waals surface area contributed by atoms with Gasteiger partial charge in [0.25, 0.3) is 5.91 Å². The second-order valence-electron chi connectivity index (χ2n) is 6.22. The fourth-order valence-corrected chi connectivity index (χ4v) is 2.85. The van der Waals surface area contributed by atoms with Gasteiger partial charge in [-0.25, -0.2) is 0 Å². The van der Waals surface area contributed by atoms with E-state index in [4.69, 9.17) is 9.47 Å². The van der Waals surface area contributed by atoms with Gasteiger partial charge >= 0.3 is 0 Å². The van der Waals surface area contributed by atoms with E-state index < -0.39 is 0 Å². The number of benzene rings is 2. The van der Waals surface area contributed by atoms with Gasteiger partial charge in [0.2, 0.25) is 6.79 Å². The van der Waals surface area contributed by atoms with Crippen molar-refractivity contribution < 1.29 is 14.3 Å². The van der Waals surface area contributed by atoms with Crippen LogP contribution in [0.2, 0.25) is 0 Å². The number of carbonyl (C=O) groups is 1. The molecule has 1 fully saturated rings. The molecule has 1 aliphatic heterocycles. The summed E-state index contributed by atoms with van der Waals surface area (Å²) in [5, 5.41) is 0. The second-order valence-corrected chi connectivity index (χ2v) is 6.22. The molecule has 0 aromatic heterocycles. The summed E-state index contributed by atoms with van der Waals surface area (Å²) in [7, 11) is 0. The molecular weight excluding hydrogens is 290 g/mol. The Labute approximate surface area is 135 Å². The zero-order valence-corrected chi connectivity index (χ0v) is 13.1. The molecule has 0 saturated heterocycles. The fourth-order valence-electron chi connectivity index (χ4n) is 2.85. The Balaban J connectivity index is 1.56. The quantitative estimate of drug-likeness (QED) is 0.867. The van der Waals surface area contributed by atoms with E-state index in [1.165, 1.54) is 0 Å². The van der Waals surface area contributed by atoms with Gasteiger partial charge in [-0.05, 0) is 49.6 Å². The molecule has 0 atom stereocenters. The highest BCUT2D eigenvalue weighted by atomic mass is 16.7. The zero-order chi connectivity index (χ0) is 15.8. The van der Waals surface area contributed by atoms with E-state index in [0.717, 1.165) is 41.0 Å². The molecule has 0 unspecified atom stereocenters. The maximum atomic E-state index is 12.8. The summed E-state index contributed by atoms with van der Waals surface area (Å²) >= 11 is 0. The lowest BCUT2D eigenvalue weighted by molar-refractivity contribution is 0.0729. The fraction of sp³-hybridized carbons (Fsp3) is 0.316. The first-order chi connectivity index (χ1) is 11.2. The minimum atomic E-state index is 0.102. The van der Waals surface area contributed by atoms with Gasteiger partial charge in [-0.2, -0.15) is 0 Å². The Kier molecular flexibility index (Phi) is 3.45. The van der Waals surface area contributed by atoms with Crippen LogP contribution in [0, 0.1) is 6.92 Å². The van der Waals surface area contributed by atoms with Crippen molar-refractivity contribution in [3.8, 4) is 11.5 Å². The van der Waals surface area contributed by atoms with E-state index in [9.17, 15) is 4.79 Å². The third-order valence-electron chi connectivity index (χ3n) is 4.34. The Morgan fingerprint density at radius 1 is 1.09 bits per heavy atom. The first-order valence-corrected chi connectivity index (χ1v) is 7.97. The van der Waals surface area contributed by atoms with Crippen molar-refractivity contribution >= 4 is 5.91 Å². The summed E-state index contributed by atoms with van der Waals surface area (Å²) in [5.74, 6) is 1.64. The Bertz CT molecular complexity index is 735. The molecule has 0 N–H and O–H groups in total. The number of nitrogens with zero attached hydrogens (tertiary/aromatic N) is 1. The first kappa shape index (κ1) is 14.1. The van der Waals surface area contributed by atoms with Crippen LogP contribution in [0.15, 0.2) is 42.5 Å². The standard InChI is InChI=1S/C19H19NO3/c1-13-2-5-15(6-3-13)19(21)20(16-7-8-16)11-14-4-9-17-18(10-14)23-12-22-17/h2-6,9-10,16H,7-8,11-12H2,1H3. The third kappa shape index (κ3) is 2.89. The monoisotopic (exact) mass is 309 g/mol. The van der Waals surface area contributed by atoms with Crippen molar-refractivity contribution in [2.24, 2.45) is 0 Å². The SMILES string of the molecule is Cc1ccc(C(=O)N(Cc2ccc3c(c2)OCO3)C2CC2)cc1. The number of carbonyl (C=O) groups excluding carboxylic acids is 1. The first-order valence-electron chi connectivity index (χ1n) is 7.97. The maximum absolute atomic E-state index is 12.8. The number of ether oxygens (including phenoxy) is 2. The Morgan fingerprint density at radius 2 is 1.83 bits per heavy atom. The normalized spacial score (nSPS) is 15.5. The van der Waals surface area contributed by atoms with Crippen molar-refractivity contribution in [3.63, 3.8) is 0 Å². The molecule has 1 saturated carbocycles. The van der Waals surface area contributed by atoms with Crippen molar-refractivity contribution in [2.45, 2.75) is 32.4 Å². The molecule has 118 valence electrons. The highest BCUT2D eigenvalue weighted by molar-refractivity contribution is 5.94. The molecule has 4 rings (SSSR count). The highest BCUT2D eigenvalue weighted by Gasteiger charge is 2.33. The number of hydrogen-bond donors (Lipinski definition) is 0. The molecule has 23 heavy (non-hydrogen) atoms. The van der Waals surface area contributed by atoms with Crippen molar-refractivity contribution in [1.29, 1.82) is 0 Å². The number of amides is 1. The summed E-state index contributed by atoms with van der Waals surface area (Å²) < 4.78 is 10.8. The largest absolute Gasteiger partial charge is 0.454 e. The molecular formula is C19H19NO3. The molecule has 0 spiro atoms. The summed E-state index contributed by atoms with van der Waals surface area (Å²) in [6.45, 7) is 2.90. The Morgan fingerprint density at radius 3 is 2.57 bits per heavy atom. The van der Waals surface area contributed by atoms with Gasteiger partial charge < -0.3 is 14.4 Å². The lowest BCUT2D eigenvalue weighted by atomic mass is 10.1. The lowest BCUT2D eigenvalue weighted by Gasteiger charge is -2.23. The molecule has 4 nitrogen and oxygen atoms in total. The molecule has 4 heteroatoms. The minimum Gasteiger partial charge on any atom is -0.454 e. The smallest absolute Gasteiger partial charge is 0.254 e. The topological polar surface area (TPSA) is 38.8 Å². The molecule has 2 aromatic carbocycles. The predicted molar refractivity (Wildman–Crippen MR) is 86.6 cm³/mol. The van der Waals surface area contributed by atoms with Crippen LogP contribution in [0.1, 0.15) is 34.3 Å². The van der Waals surface area contributed by atoms with Crippen LogP contribution in [-0.2, 0) is 6.54 Å². The molecule has 2 aliphatic rings. The van der Waals surface area contributed by atoms with Crippen LogP contribution in [0.3, 0.4) is 0 Å². The van der Waals surface area contributed by atoms with Gasteiger partial charge in [-0.1, -0.05) is 23.8 Å². The van der Waals surface area contributed by atoms with Gasteiger partial charge in [-0.3, -0.25) is 4.79 Å². The van der Waals surface area contributed by atoms with E-state index in [1.54, 1.807) is 0 Å². The zero-order valence-electron chi connectivity index (χ0n) is 13.1. The lowest BCUT2D eigenvalue weighted by Crippen LogP contribution is -2.32. The number of rotatable bonds is 4. The van der Waals surface area contributed by atoms with Crippen molar-refractivity contribution in [3.05, 3.63) is 59.2 Å². The number of fused-ring (bicyclic) bond motifs is 1. The van der Waals surface area contributed by atoms with Crippen molar-refractivity contribution in [1.82, 2.24) is 4.90 Å². The minimum absolute atomic E-state index is 0.102. The van der Waals surface area contributed by atoms with E-state index in [0.29, 0.717) is 12.6 Å². The van der Waals surface area contributed by atoms with Crippen LogP contribution < -0.4 is 9.47 Å². The van der Waals surface area contributed by atoms with Crippen LogP contribution >= 0.6 is 0 Å². The summed E-state index contributed by atoms with van der Waals surface area (Å²) in [5.41, 5.74) is 2.99. The van der Waals surface area contributed by atoms with Crippen LogP contribution in [0.4, 0.5) is 0 Å². The van der Waals surface area contributed by atoms with Gasteiger partial charge in [0, 0.05) is 18.2 Å². The van der Waals surface area contributed by atoms with E-state index in [2.05, 4.69) is 0 Å². The van der Waals surface area contributed by atoms with E-state index >= 15 is 0 Å². The maximum Gasteiger partial charge on any atom is 0.254 e.